The quantitative estimate of drug-likeness (QED) is 0.686. The van der Waals surface area contributed by atoms with E-state index in [0.29, 0.717) is 22.8 Å². The van der Waals surface area contributed by atoms with Crippen LogP contribution in [0.25, 0.3) is 11.0 Å². The molecule has 5 nitrogen and oxygen atoms in total. The lowest BCUT2D eigenvalue weighted by Gasteiger charge is -2.13. The molecule has 23 heavy (non-hydrogen) atoms. The van der Waals surface area contributed by atoms with Crippen molar-refractivity contribution >= 4 is 34.2 Å². The molecule has 0 atom stereocenters. The Morgan fingerprint density at radius 1 is 1.26 bits per heavy atom. The highest BCUT2D eigenvalue weighted by Crippen LogP contribution is 2.27. The number of pyridine rings is 1. The van der Waals surface area contributed by atoms with Crippen LogP contribution in [-0.2, 0) is 6.54 Å². The van der Waals surface area contributed by atoms with Gasteiger partial charge in [0.15, 0.2) is 0 Å². The maximum Gasteiger partial charge on any atom is 0.255 e. The van der Waals surface area contributed by atoms with Gasteiger partial charge in [0.1, 0.15) is 5.65 Å². The lowest BCUT2D eigenvalue weighted by molar-refractivity contribution is 0.0951. The first-order valence-electron chi connectivity index (χ1n) is 7.28. The van der Waals surface area contributed by atoms with Crippen molar-refractivity contribution in [1.82, 2.24) is 15.3 Å². The molecule has 0 radical (unpaired) electrons. The smallest absolute Gasteiger partial charge is 0.255 e. The van der Waals surface area contributed by atoms with Crippen LogP contribution in [0.3, 0.4) is 0 Å². The van der Waals surface area contributed by atoms with Crippen LogP contribution in [0.5, 0.6) is 0 Å². The molecule has 3 N–H and O–H groups in total. The van der Waals surface area contributed by atoms with E-state index < -0.39 is 0 Å². The van der Waals surface area contributed by atoms with Crippen molar-refractivity contribution in [2.45, 2.75) is 13.5 Å². The monoisotopic (exact) mass is 328 g/mol. The number of hydrogen-bond donors (Lipinski definition) is 3. The summed E-state index contributed by atoms with van der Waals surface area (Å²) in [6.07, 6.45) is 1.84. The van der Waals surface area contributed by atoms with E-state index in [1.54, 1.807) is 7.05 Å². The molecule has 1 amide bonds. The average Bonchev–Trinajstić information content (AvgIpc) is 3.02. The zero-order valence-electron chi connectivity index (χ0n) is 12.9. The Morgan fingerprint density at radius 3 is 2.87 bits per heavy atom. The number of aromatic nitrogens is 2. The van der Waals surface area contributed by atoms with Gasteiger partial charge in [-0.25, -0.2) is 4.98 Å². The van der Waals surface area contributed by atoms with E-state index in [2.05, 4.69) is 20.6 Å². The third-order valence-corrected chi connectivity index (χ3v) is 4.22. The van der Waals surface area contributed by atoms with Crippen molar-refractivity contribution in [3.05, 3.63) is 58.4 Å². The largest absolute Gasteiger partial charge is 0.387 e. The molecule has 1 aromatic carbocycles. The van der Waals surface area contributed by atoms with Crippen LogP contribution in [-0.4, -0.2) is 22.9 Å². The van der Waals surface area contributed by atoms with E-state index in [-0.39, 0.29) is 5.91 Å². The summed E-state index contributed by atoms with van der Waals surface area (Å²) in [6, 6.07) is 9.55. The number of hydrogen-bond acceptors (Lipinski definition) is 3. The third kappa shape index (κ3) is 3.00. The van der Waals surface area contributed by atoms with Crippen molar-refractivity contribution in [2.75, 3.05) is 12.4 Å². The number of amides is 1. The molecule has 0 aliphatic rings. The second kappa shape index (κ2) is 6.30. The normalized spacial score (nSPS) is 10.7. The van der Waals surface area contributed by atoms with E-state index in [4.69, 9.17) is 11.6 Å². The van der Waals surface area contributed by atoms with Crippen LogP contribution in [0, 0.1) is 6.92 Å². The van der Waals surface area contributed by atoms with Gasteiger partial charge in [-0.05, 0) is 36.8 Å². The van der Waals surface area contributed by atoms with Gasteiger partial charge >= 0.3 is 0 Å². The van der Waals surface area contributed by atoms with Crippen molar-refractivity contribution < 1.29 is 4.79 Å². The minimum absolute atomic E-state index is 0.226. The Kier molecular flexibility index (Phi) is 4.21. The van der Waals surface area contributed by atoms with Crippen LogP contribution >= 0.6 is 11.6 Å². The summed E-state index contributed by atoms with van der Waals surface area (Å²) in [5, 5.41) is 7.37. The molecule has 0 spiro atoms. The lowest BCUT2D eigenvalue weighted by Crippen LogP contribution is -2.24. The number of rotatable bonds is 4. The van der Waals surface area contributed by atoms with Crippen LogP contribution in [0.4, 0.5) is 5.69 Å². The third-order valence-electron chi connectivity index (χ3n) is 3.73. The number of nitrogens with zero attached hydrogens (tertiary/aromatic N) is 1. The number of carbonyl (C=O) groups excluding carboxylic acids is 1. The van der Waals surface area contributed by atoms with Crippen LogP contribution in [0.15, 0.2) is 36.5 Å². The van der Waals surface area contributed by atoms with Crippen LogP contribution in [0.1, 0.15) is 21.6 Å². The van der Waals surface area contributed by atoms with Gasteiger partial charge in [0, 0.05) is 24.3 Å². The van der Waals surface area contributed by atoms with Gasteiger partial charge in [-0.1, -0.05) is 17.7 Å². The summed E-state index contributed by atoms with van der Waals surface area (Å²) < 4.78 is 0. The number of carbonyl (C=O) groups is 1. The molecular weight excluding hydrogens is 312 g/mol. The molecule has 2 aromatic heterocycles. The molecular formula is C17H17ClN4O. The molecule has 6 heteroatoms. The fourth-order valence-electron chi connectivity index (χ4n) is 2.44. The van der Waals surface area contributed by atoms with Gasteiger partial charge in [-0.2, -0.15) is 0 Å². The topological polar surface area (TPSA) is 69.8 Å². The van der Waals surface area contributed by atoms with Crippen LogP contribution in [0.2, 0.25) is 5.02 Å². The maximum atomic E-state index is 12.5. The van der Waals surface area contributed by atoms with Gasteiger partial charge < -0.3 is 15.6 Å². The maximum absolute atomic E-state index is 12.5. The summed E-state index contributed by atoms with van der Waals surface area (Å²) >= 11 is 6.30. The molecule has 0 unspecified atom stereocenters. The highest BCUT2D eigenvalue weighted by atomic mass is 35.5. The number of H-pyrrole nitrogens is 1. The van der Waals surface area contributed by atoms with E-state index in [1.807, 2.05) is 43.5 Å². The highest BCUT2D eigenvalue weighted by molar-refractivity contribution is 6.35. The molecule has 3 aromatic rings. The number of aryl methyl sites for hydroxylation is 1. The first-order chi connectivity index (χ1) is 11.1. The molecule has 0 bridgehead atoms. The van der Waals surface area contributed by atoms with E-state index >= 15 is 0 Å². The average molecular weight is 329 g/mol. The van der Waals surface area contributed by atoms with Gasteiger partial charge in [0.05, 0.1) is 22.8 Å². The minimum atomic E-state index is -0.226. The van der Waals surface area contributed by atoms with Gasteiger partial charge in [0.2, 0.25) is 0 Å². The molecule has 0 aliphatic heterocycles. The number of halogens is 1. The van der Waals surface area contributed by atoms with E-state index in [1.165, 1.54) is 0 Å². The van der Waals surface area contributed by atoms with Crippen LogP contribution < -0.4 is 10.6 Å². The number of aromatic amines is 1. The van der Waals surface area contributed by atoms with E-state index in [9.17, 15) is 4.79 Å². The van der Waals surface area contributed by atoms with Crippen molar-refractivity contribution in [3.8, 4) is 0 Å². The molecule has 0 saturated carbocycles. The Balaban J connectivity index is 1.80. The molecule has 3 rings (SSSR count). The Hall–Kier alpha value is -2.53. The minimum Gasteiger partial charge on any atom is -0.387 e. The highest BCUT2D eigenvalue weighted by Gasteiger charge is 2.16. The van der Waals surface area contributed by atoms with Gasteiger partial charge in [-0.15, -0.1) is 0 Å². The SMILES string of the molecule is CNc1ccc(C)c(Cl)c1C(=O)NCc1ccc2cc[nH]c2n1. The molecule has 2 heterocycles. The molecule has 0 saturated heterocycles. The number of benzene rings is 1. The predicted octanol–water partition coefficient (Wildman–Crippen LogP) is 3.50. The molecule has 0 fully saturated rings. The number of fused-ring (bicyclic) bond motifs is 1. The standard InChI is InChI=1S/C17H17ClN4O/c1-10-3-6-13(19-2)14(15(10)18)17(23)21-9-12-5-4-11-7-8-20-16(11)22-12/h3-8,19H,9H2,1-2H3,(H,20,22)(H,21,23). The molecule has 0 aliphatic carbocycles. The summed E-state index contributed by atoms with van der Waals surface area (Å²) in [7, 11) is 1.76. The summed E-state index contributed by atoms with van der Waals surface area (Å²) in [5.74, 6) is -0.226. The second-order valence-electron chi connectivity index (χ2n) is 5.27. The summed E-state index contributed by atoms with van der Waals surface area (Å²) in [4.78, 5) is 20.0. The van der Waals surface area contributed by atoms with Crippen molar-refractivity contribution in [2.24, 2.45) is 0 Å². The Morgan fingerprint density at radius 2 is 2.09 bits per heavy atom. The van der Waals surface area contributed by atoms with E-state index in [0.717, 1.165) is 22.3 Å². The second-order valence-corrected chi connectivity index (χ2v) is 5.65. The Bertz CT molecular complexity index is 872. The van der Waals surface area contributed by atoms with Crippen molar-refractivity contribution in [3.63, 3.8) is 0 Å². The fourth-order valence-corrected chi connectivity index (χ4v) is 2.69. The van der Waals surface area contributed by atoms with Gasteiger partial charge in [-0.3, -0.25) is 4.79 Å². The number of anilines is 1. The first kappa shape index (κ1) is 15.4. The molecule has 118 valence electrons. The fraction of sp³-hybridized carbons (Fsp3) is 0.176. The first-order valence-corrected chi connectivity index (χ1v) is 7.66. The van der Waals surface area contributed by atoms with Crippen molar-refractivity contribution in [1.29, 1.82) is 0 Å². The lowest BCUT2D eigenvalue weighted by atomic mass is 10.1. The zero-order chi connectivity index (χ0) is 16.4. The van der Waals surface area contributed by atoms with Gasteiger partial charge in [0.25, 0.3) is 5.91 Å². The predicted molar refractivity (Wildman–Crippen MR) is 93.0 cm³/mol. The summed E-state index contributed by atoms with van der Waals surface area (Å²) in [5.41, 5.74) is 3.60. The Labute approximate surface area is 139 Å². The number of nitrogens with one attached hydrogen (secondary N) is 3. The summed E-state index contributed by atoms with van der Waals surface area (Å²) in [6.45, 7) is 2.21. The zero-order valence-corrected chi connectivity index (χ0v) is 13.7.